The quantitative estimate of drug-likeness (QED) is 0.472. The van der Waals surface area contributed by atoms with Gasteiger partial charge in [0.05, 0.1) is 23.9 Å². The Kier molecular flexibility index (Phi) is 6.19. The molecule has 0 aromatic carbocycles. The van der Waals surface area contributed by atoms with Gasteiger partial charge in [-0.15, -0.1) is 10.2 Å². The van der Waals surface area contributed by atoms with Gasteiger partial charge in [0.25, 0.3) is 0 Å². The first kappa shape index (κ1) is 18.5. The van der Waals surface area contributed by atoms with Gasteiger partial charge < -0.3 is 8.83 Å². The van der Waals surface area contributed by atoms with Crippen molar-refractivity contribution in [2.45, 2.75) is 59.7 Å². The number of hydrogen-bond acceptors (Lipinski definition) is 9. The molecule has 3 aromatic heterocycles. The Morgan fingerprint density at radius 2 is 1.28 bits per heavy atom. The lowest BCUT2D eigenvalue weighted by Gasteiger charge is -1.97. The van der Waals surface area contributed by atoms with Crippen molar-refractivity contribution in [3.05, 3.63) is 35.7 Å². The normalized spacial score (nSPS) is 11.8. The van der Waals surface area contributed by atoms with E-state index in [0.29, 0.717) is 23.3 Å². The van der Waals surface area contributed by atoms with E-state index in [-0.39, 0.29) is 0 Å². The molecular formula is C16H20N4O2S3. The SMILES string of the molecule is CC(C)c1cnc(CSc2nnc(SCc3ncc(C(C)C)o3)s2)o1. The zero-order valence-electron chi connectivity index (χ0n) is 14.6. The van der Waals surface area contributed by atoms with Crippen molar-refractivity contribution in [1.82, 2.24) is 20.2 Å². The van der Waals surface area contributed by atoms with Crippen LogP contribution in [-0.2, 0) is 11.5 Å². The number of nitrogens with zero attached hydrogens (tertiary/aromatic N) is 4. The molecule has 0 atom stereocenters. The summed E-state index contributed by atoms with van der Waals surface area (Å²) in [5, 5.41) is 8.42. The van der Waals surface area contributed by atoms with Gasteiger partial charge in [0, 0.05) is 11.8 Å². The molecule has 3 heterocycles. The number of rotatable bonds is 8. The molecule has 0 bridgehead atoms. The Labute approximate surface area is 159 Å². The molecule has 0 spiro atoms. The molecule has 9 heteroatoms. The van der Waals surface area contributed by atoms with Crippen molar-refractivity contribution >= 4 is 34.9 Å². The van der Waals surface area contributed by atoms with Crippen LogP contribution in [0.15, 0.2) is 29.9 Å². The van der Waals surface area contributed by atoms with E-state index in [4.69, 9.17) is 8.83 Å². The fourth-order valence-electron chi connectivity index (χ4n) is 1.88. The van der Waals surface area contributed by atoms with Gasteiger partial charge in [-0.05, 0) is 0 Å². The highest BCUT2D eigenvalue weighted by molar-refractivity contribution is 8.02. The summed E-state index contributed by atoms with van der Waals surface area (Å²) in [5.41, 5.74) is 0. The largest absolute Gasteiger partial charge is 0.445 e. The van der Waals surface area contributed by atoms with Crippen molar-refractivity contribution in [1.29, 1.82) is 0 Å². The first-order valence-electron chi connectivity index (χ1n) is 7.99. The fraction of sp³-hybridized carbons (Fsp3) is 0.500. The van der Waals surface area contributed by atoms with E-state index in [1.807, 2.05) is 0 Å². The number of oxazole rings is 2. The molecule has 6 nitrogen and oxygen atoms in total. The minimum absolute atomic E-state index is 0.349. The first-order chi connectivity index (χ1) is 12.0. The van der Waals surface area contributed by atoms with Crippen LogP contribution in [0.3, 0.4) is 0 Å². The van der Waals surface area contributed by atoms with Crippen LogP contribution < -0.4 is 0 Å². The van der Waals surface area contributed by atoms with E-state index in [1.165, 1.54) is 0 Å². The Hall–Kier alpha value is -1.32. The highest BCUT2D eigenvalue weighted by Gasteiger charge is 2.12. The van der Waals surface area contributed by atoms with Crippen molar-refractivity contribution in [2.24, 2.45) is 0 Å². The highest BCUT2D eigenvalue weighted by atomic mass is 32.2. The zero-order chi connectivity index (χ0) is 17.8. The van der Waals surface area contributed by atoms with Gasteiger partial charge in [0.2, 0.25) is 11.8 Å². The van der Waals surface area contributed by atoms with Gasteiger partial charge >= 0.3 is 0 Å². The van der Waals surface area contributed by atoms with Crippen molar-refractivity contribution in [2.75, 3.05) is 0 Å². The summed E-state index contributed by atoms with van der Waals surface area (Å²) in [4.78, 5) is 8.59. The van der Waals surface area contributed by atoms with Gasteiger partial charge in [-0.25, -0.2) is 9.97 Å². The van der Waals surface area contributed by atoms with Gasteiger partial charge in [-0.3, -0.25) is 0 Å². The molecule has 0 N–H and O–H groups in total. The van der Waals surface area contributed by atoms with Crippen LogP contribution >= 0.6 is 34.9 Å². The average Bonchev–Trinajstić information content (AvgIpc) is 3.30. The number of hydrogen-bond donors (Lipinski definition) is 0. The molecule has 0 aliphatic rings. The Bertz CT molecular complexity index is 745. The van der Waals surface area contributed by atoms with Gasteiger partial charge in [0.1, 0.15) is 11.5 Å². The Morgan fingerprint density at radius 3 is 1.64 bits per heavy atom. The van der Waals surface area contributed by atoms with Crippen molar-refractivity contribution in [3.8, 4) is 0 Å². The smallest absolute Gasteiger partial charge is 0.204 e. The average molecular weight is 397 g/mol. The molecular weight excluding hydrogens is 376 g/mol. The highest BCUT2D eigenvalue weighted by Crippen LogP contribution is 2.32. The summed E-state index contributed by atoms with van der Waals surface area (Å²) in [7, 11) is 0. The first-order valence-corrected chi connectivity index (χ1v) is 10.8. The third kappa shape index (κ3) is 5.08. The molecule has 0 radical (unpaired) electrons. The number of thioether (sulfide) groups is 2. The Balaban J connectivity index is 1.49. The van der Waals surface area contributed by atoms with E-state index in [2.05, 4.69) is 47.9 Å². The molecule has 0 fully saturated rings. The lowest BCUT2D eigenvalue weighted by Crippen LogP contribution is -1.81. The lowest BCUT2D eigenvalue weighted by molar-refractivity contribution is 0.453. The molecule has 25 heavy (non-hydrogen) atoms. The van der Waals surface area contributed by atoms with E-state index in [0.717, 1.165) is 32.0 Å². The third-order valence-electron chi connectivity index (χ3n) is 3.31. The summed E-state index contributed by atoms with van der Waals surface area (Å²) in [6, 6.07) is 0. The summed E-state index contributed by atoms with van der Waals surface area (Å²) < 4.78 is 13.2. The molecule has 0 aliphatic heterocycles. The predicted octanol–water partition coefficient (Wildman–Crippen LogP) is 5.35. The van der Waals surface area contributed by atoms with Crippen LogP contribution in [0.5, 0.6) is 0 Å². The van der Waals surface area contributed by atoms with Crippen LogP contribution in [0.4, 0.5) is 0 Å². The molecule has 0 saturated carbocycles. The molecule has 3 aromatic rings. The van der Waals surface area contributed by atoms with Gasteiger partial charge in [-0.2, -0.15) is 0 Å². The molecule has 0 amide bonds. The molecule has 0 saturated heterocycles. The van der Waals surface area contributed by atoms with Crippen LogP contribution in [0.25, 0.3) is 0 Å². The monoisotopic (exact) mass is 396 g/mol. The maximum Gasteiger partial charge on any atom is 0.204 e. The molecule has 134 valence electrons. The minimum Gasteiger partial charge on any atom is -0.445 e. The van der Waals surface area contributed by atoms with Crippen LogP contribution in [0.1, 0.15) is 62.8 Å². The van der Waals surface area contributed by atoms with Gasteiger partial charge in [-0.1, -0.05) is 62.6 Å². The maximum atomic E-state index is 5.70. The fourth-order valence-corrected chi connectivity index (χ4v) is 4.60. The summed E-state index contributed by atoms with van der Waals surface area (Å²) in [6.45, 7) is 8.35. The summed E-state index contributed by atoms with van der Waals surface area (Å²) in [6.07, 6.45) is 3.59. The van der Waals surface area contributed by atoms with Crippen molar-refractivity contribution < 1.29 is 8.83 Å². The van der Waals surface area contributed by atoms with Crippen LogP contribution in [0, 0.1) is 0 Å². The maximum absolute atomic E-state index is 5.70. The van der Waals surface area contributed by atoms with Crippen molar-refractivity contribution in [3.63, 3.8) is 0 Å². The second-order valence-electron chi connectivity index (χ2n) is 6.03. The molecule has 3 rings (SSSR count). The standard InChI is InChI=1S/C16H20N4O2S3/c1-9(2)11-5-17-13(21-11)7-23-15-19-20-16(25-15)24-8-14-18-6-12(22-14)10(3)4/h5-6,9-10H,7-8H2,1-4H3. The van der Waals surface area contributed by atoms with E-state index in [1.54, 1.807) is 47.3 Å². The van der Waals surface area contributed by atoms with Crippen LogP contribution in [0.2, 0.25) is 0 Å². The van der Waals surface area contributed by atoms with Crippen LogP contribution in [-0.4, -0.2) is 20.2 Å². The zero-order valence-corrected chi connectivity index (χ0v) is 17.0. The third-order valence-corrected chi connectivity index (χ3v) is 6.47. The molecule has 0 aliphatic carbocycles. The van der Waals surface area contributed by atoms with E-state index in [9.17, 15) is 0 Å². The molecule has 0 unspecified atom stereocenters. The topological polar surface area (TPSA) is 77.8 Å². The van der Waals surface area contributed by atoms with Gasteiger partial charge in [0.15, 0.2) is 8.68 Å². The lowest BCUT2D eigenvalue weighted by atomic mass is 10.2. The predicted molar refractivity (Wildman–Crippen MR) is 100 cm³/mol. The number of aromatic nitrogens is 4. The van der Waals surface area contributed by atoms with E-state index < -0.39 is 0 Å². The Morgan fingerprint density at radius 1 is 0.840 bits per heavy atom. The van der Waals surface area contributed by atoms with E-state index >= 15 is 0 Å². The summed E-state index contributed by atoms with van der Waals surface area (Å²) >= 11 is 4.73. The second kappa shape index (κ2) is 8.37. The second-order valence-corrected chi connectivity index (χ2v) is 9.46. The summed E-state index contributed by atoms with van der Waals surface area (Å²) in [5.74, 6) is 5.28. The minimum atomic E-state index is 0.349.